The minimum absolute atomic E-state index is 0.0556. The van der Waals surface area contributed by atoms with E-state index in [2.05, 4.69) is 18.7 Å². The van der Waals surface area contributed by atoms with E-state index in [9.17, 15) is 4.79 Å². The van der Waals surface area contributed by atoms with Gasteiger partial charge in [0, 0.05) is 19.6 Å². The highest BCUT2D eigenvalue weighted by atomic mass is 16.5. The minimum atomic E-state index is -0.655. The molecule has 0 aromatic heterocycles. The average molecular weight is 269 g/mol. The van der Waals surface area contributed by atoms with Gasteiger partial charge in [-0.3, -0.25) is 9.69 Å². The summed E-state index contributed by atoms with van der Waals surface area (Å²) < 4.78 is 11.7. The molecule has 4 heteroatoms. The Labute approximate surface area is 116 Å². The van der Waals surface area contributed by atoms with Crippen molar-refractivity contribution in [2.75, 3.05) is 19.6 Å². The molecular formula is C15H27NO3. The maximum Gasteiger partial charge on any atom is 0.171 e. The van der Waals surface area contributed by atoms with E-state index >= 15 is 0 Å². The molecule has 0 amide bonds. The summed E-state index contributed by atoms with van der Waals surface area (Å²) in [5.74, 6) is 0.171. The second kappa shape index (κ2) is 4.83. The molecule has 19 heavy (non-hydrogen) atoms. The number of nitrogens with zero attached hydrogens (tertiary/aromatic N) is 1. The van der Waals surface area contributed by atoms with Crippen molar-refractivity contribution in [3.8, 4) is 0 Å². The van der Waals surface area contributed by atoms with Gasteiger partial charge in [-0.05, 0) is 41.5 Å². The molecule has 2 saturated heterocycles. The molecule has 0 aromatic rings. The summed E-state index contributed by atoms with van der Waals surface area (Å²) in [6, 6.07) is 0. The van der Waals surface area contributed by atoms with E-state index in [0.717, 1.165) is 19.6 Å². The number of carbonyl (C=O) groups excluding carboxylic acids is 1. The van der Waals surface area contributed by atoms with Crippen molar-refractivity contribution in [1.82, 2.24) is 4.90 Å². The third kappa shape index (κ3) is 3.01. The largest absolute Gasteiger partial charge is 0.373 e. The van der Waals surface area contributed by atoms with Crippen molar-refractivity contribution in [2.24, 2.45) is 5.92 Å². The van der Waals surface area contributed by atoms with Gasteiger partial charge in [0.25, 0.3) is 0 Å². The second-order valence-electron chi connectivity index (χ2n) is 7.11. The van der Waals surface area contributed by atoms with Crippen LogP contribution < -0.4 is 0 Å². The fraction of sp³-hybridized carbons (Fsp3) is 0.933. The summed E-state index contributed by atoms with van der Waals surface area (Å²) in [6.07, 6.45) is 0.467. The van der Waals surface area contributed by atoms with Crippen molar-refractivity contribution in [1.29, 1.82) is 0 Å². The van der Waals surface area contributed by atoms with Crippen LogP contribution >= 0.6 is 0 Å². The lowest BCUT2D eigenvalue weighted by atomic mass is 9.85. The lowest BCUT2D eigenvalue weighted by Gasteiger charge is -2.38. The maximum absolute atomic E-state index is 12.5. The Kier molecular flexibility index (Phi) is 3.80. The van der Waals surface area contributed by atoms with Gasteiger partial charge >= 0.3 is 0 Å². The highest BCUT2D eigenvalue weighted by Crippen LogP contribution is 2.39. The first kappa shape index (κ1) is 14.9. The van der Waals surface area contributed by atoms with Gasteiger partial charge < -0.3 is 9.47 Å². The van der Waals surface area contributed by atoms with E-state index in [1.54, 1.807) is 0 Å². The third-order valence-corrected chi connectivity index (χ3v) is 4.20. The van der Waals surface area contributed by atoms with Crippen molar-refractivity contribution in [3.63, 3.8) is 0 Å². The average Bonchev–Trinajstić information content (AvgIpc) is 2.35. The third-order valence-electron chi connectivity index (χ3n) is 4.20. The Morgan fingerprint density at radius 3 is 2.11 bits per heavy atom. The summed E-state index contributed by atoms with van der Waals surface area (Å²) >= 11 is 0. The maximum atomic E-state index is 12.5. The first-order valence-corrected chi connectivity index (χ1v) is 7.24. The number of hydrogen-bond acceptors (Lipinski definition) is 4. The Balaban J connectivity index is 2.08. The molecule has 0 bridgehead atoms. The molecule has 0 aromatic carbocycles. The van der Waals surface area contributed by atoms with Gasteiger partial charge in [-0.25, -0.2) is 0 Å². The van der Waals surface area contributed by atoms with E-state index in [1.165, 1.54) is 0 Å². The smallest absolute Gasteiger partial charge is 0.171 e. The molecule has 0 spiro atoms. The molecule has 2 fully saturated rings. The summed E-state index contributed by atoms with van der Waals surface area (Å²) in [7, 11) is 0. The number of ether oxygens (including phenoxy) is 2. The zero-order chi connectivity index (χ0) is 14.4. The van der Waals surface area contributed by atoms with Crippen LogP contribution in [0.3, 0.4) is 0 Å². The summed E-state index contributed by atoms with van der Waals surface area (Å²) in [5.41, 5.74) is -1.04. The molecule has 0 saturated carbocycles. The fourth-order valence-electron chi connectivity index (χ4n) is 3.51. The van der Waals surface area contributed by atoms with Crippen LogP contribution in [0.1, 0.15) is 41.5 Å². The van der Waals surface area contributed by atoms with Gasteiger partial charge in [-0.1, -0.05) is 0 Å². The second-order valence-corrected chi connectivity index (χ2v) is 7.11. The number of ketones is 1. The molecule has 0 aliphatic carbocycles. The van der Waals surface area contributed by atoms with Gasteiger partial charge in [0.1, 0.15) is 5.60 Å². The fourth-order valence-corrected chi connectivity index (χ4v) is 3.51. The molecule has 2 aliphatic rings. The zero-order valence-corrected chi connectivity index (χ0v) is 13.0. The highest BCUT2D eigenvalue weighted by Gasteiger charge is 2.53. The van der Waals surface area contributed by atoms with Crippen LogP contribution in [0.2, 0.25) is 0 Å². The number of carbonyl (C=O) groups is 1. The molecule has 1 unspecified atom stereocenters. The summed E-state index contributed by atoms with van der Waals surface area (Å²) in [5, 5.41) is 0. The van der Waals surface area contributed by atoms with E-state index in [1.807, 2.05) is 27.7 Å². The molecule has 0 radical (unpaired) electrons. The van der Waals surface area contributed by atoms with Crippen molar-refractivity contribution >= 4 is 5.78 Å². The van der Waals surface area contributed by atoms with Gasteiger partial charge in [-0.15, -0.1) is 0 Å². The van der Waals surface area contributed by atoms with Crippen molar-refractivity contribution in [2.45, 2.75) is 65.0 Å². The topological polar surface area (TPSA) is 38.8 Å². The Bertz CT molecular complexity index is 354. The van der Waals surface area contributed by atoms with Gasteiger partial charge in [0.2, 0.25) is 0 Å². The summed E-state index contributed by atoms with van der Waals surface area (Å²) in [4.78, 5) is 14.8. The van der Waals surface area contributed by atoms with Gasteiger partial charge in [0.15, 0.2) is 5.78 Å². The van der Waals surface area contributed by atoms with Crippen molar-refractivity contribution in [3.05, 3.63) is 0 Å². The Morgan fingerprint density at radius 2 is 1.68 bits per heavy atom. The molecule has 2 rings (SSSR count). The first-order valence-electron chi connectivity index (χ1n) is 7.24. The monoisotopic (exact) mass is 269 g/mol. The first-order chi connectivity index (χ1) is 8.62. The molecule has 110 valence electrons. The van der Waals surface area contributed by atoms with E-state index < -0.39 is 5.60 Å². The zero-order valence-electron chi connectivity index (χ0n) is 13.0. The normalized spacial score (nSPS) is 38.6. The lowest BCUT2D eigenvalue weighted by molar-refractivity contribution is -0.132. The number of morpholine rings is 1. The molecular weight excluding hydrogens is 242 g/mol. The number of hydrogen-bond donors (Lipinski definition) is 0. The molecule has 2 heterocycles. The standard InChI is InChI=1S/C15H27NO3/c1-10-7-16(8-11(2)18-10)9-12-13(17)15(5,6)19-14(12,3)4/h10-12H,7-9H2,1-6H3/t10-,11+,12?. The van der Waals surface area contributed by atoms with Crippen molar-refractivity contribution < 1.29 is 14.3 Å². The van der Waals surface area contributed by atoms with Crippen LogP contribution in [0, 0.1) is 5.92 Å². The van der Waals surface area contributed by atoms with E-state index in [0.29, 0.717) is 0 Å². The highest BCUT2D eigenvalue weighted by molar-refractivity contribution is 5.91. The van der Waals surface area contributed by atoms with Crippen LogP contribution in [0.4, 0.5) is 0 Å². The van der Waals surface area contributed by atoms with Crippen LogP contribution in [0.5, 0.6) is 0 Å². The van der Waals surface area contributed by atoms with Crippen LogP contribution in [0.25, 0.3) is 0 Å². The van der Waals surface area contributed by atoms with Gasteiger partial charge in [-0.2, -0.15) is 0 Å². The minimum Gasteiger partial charge on any atom is -0.373 e. The molecule has 0 N–H and O–H groups in total. The van der Waals surface area contributed by atoms with Crippen LogP contribution in [-0.4, -0.2) is 53.7 Å². The van der Waals surface area contributed by atoms with E-state index in [-0.39, 0.29) is 29.5 Å². The lowest BCUT2D eigenvalue weighted by Crippen LogP contribution is -2.50. The molecule has 4 nitrogen and oxygen atoms in total. The van der Waals surface area contributed by atoms with Crippen LogP contribution in [0.15, 0.2) is 0 Å². The van der Waals surface area contributed by atoms with Crippen LogP contribution in [-0.2, 0) is 14.3 Å². The predicted molar refractivity (Wildman–Crippen MR) is 74.2 cm³/mol. The number of rotatable bonds is 2. The summed E-state index contributed by atoms with van der Waals surface area (Å²) in [6.45, 7) is 14.5. The predicted octanol–water partition coefficient (Wildman–Crippen LogP) is 1.87. The Morgan fingerprint density at radius 1 is 1.16 bits per heavy atom. The molecule has 3 atom stereocenters. The SMILES string of the molecule is C[C@@H]1CN(CC2C(=O)C(C)(C)OC2(C)C)C[C@H](C)O1. The number of Topliss-reactive ketones (excluding diaryl/α,β-unsaturated/α-hetero) is 1. The Hall–Kier alpha value is -0.450. The van der Waals surface area contributed by atoms with Gasteiger partial charge in [0.05, 0.1) is 23.7 Å². The van der Waals surface area contributed by atoms with E-state index in [4.69, 9.17) is 9.47 Å². The quantitative estimate of drug-likeness (QED) is 0.767. The molecule has 2 aliphatic heterocycles.